The molecule has 0 aliphatic heterocycles. The standard InChI is InChI=1S/C9H7N3O/c13-5-8-1-3-9(4-2-8)12-7-10-6-11-12/h1-7H/p+1. The maximum atomic E-state index is 10.4. The second kappa shape index (κ2) is 3.18. The van der Waals surface area contributed by atoms with Crippen molar-refractivity contribution in [1.82, 2.24) is 10.1 Å². The Hall–Kier alpha value is -1.97. The minimum atomic E-state index is 0.670. The number of nitrogens with zero attached hydrogens (tertiary/aromatic N) is 2. The smallest absolute Gasteiger partial charge is 0.298 e. The molecule has 0 spiro atoms. The molecule has 0 amide bonds. The molecule has 0 saturated carbocycles. The van der Waals surface area contributed by atoms with Gasteiger partial charge in [0.15, 0.2) is 5.69 Å². The Labute approximate surface area is 74.8 Å². The van der Waals surface area contributed by atoms with E-state index in [1.165, 1.54) is 0 Å². The fraction of sp³-hybridized carbons (Fsp3) is 0. The molecule has 1 aromatic heterocycles. The van der Waals surface area contributed by atoms with Gasteiger partial charge in [0.1, 0.15) is 6.29 Å². The number of aromatic nitrogens is 3. The summed E-state index contributed by atoms with van der Waals surface area (Å²) in [4.78, 5) is 14.3. The summed E-state index contributed by atoms with van der Waals surface area (Å²) in [5.41, 5.74) is 1.62. The van der Waals surface area contributed by atoms with Crippen molar-refractivity contribution in [3.63, 3.8) is 0 Å². The summed E-state index contributed by atoms with van der Waals surface area (Å²) in [5.74, 6) is 0. The highest BCUT2D eigenvalue weighted by Crippen LogP contribution is 2.00. The van der Waals surface area contributed by atoms with E-state index in [1.807, 2.05) is 12.1 Å². The van der Waals surface area contributed by atoms with Crippen molar-refractivity contribution < 1.29 is 9.48 Å². The molecule has 0 aliphatic carbocycles. The van der Waals surface area contributed by atoms with Gasteiger partial charge < -0.3 is 0 Å². The van der Waals surface area contributed by atoms with E-state index in [-0.39, 0.29) is 0 Å². The number of hydrogen-bond acceptors (Lipinski definition) is 2. The molecule has 0 bridgehead atoms. The van der Waals surface area contributed by atoms with Crippen molar-refractivity contribution in [3.8, 4) is 5.69 Å². The maximum Gasteiger partial charge on any atom is 0.312 e. The molecule has 4 heteroatoms. The van der Waals surface area contributed by atoms with E-state index in [1.54, 1.807) is 29.5 Å². The average Bonchev–Trinajstić information content (AvgIpc) is 2.71. The second-order valence-corrected chi connectivity index (χ2v) is 2.60. The Morgan fingerprint density at radius 1 is 1.31 bits per heavy atom. The molecule has 2 aromatic rings. The molecule has 4 nitrogen and oxygen atoms in total. The average molecular weight is 174 g/mol. The summed E-state index contributed by atoms with van der Waals surface area (Å²) in [6.45, 7) is 0. The Morgan fingerprint density at radius 3 is 2.62 bits per heavy atom. The fourth-order valence-corrected chi connectivity index (χ4v) is 1.08. The Balaban J connectivity index is 2.38. The van der Waals surface area contributed by atoms with Crippen LogP contribution in [0.15, 0.2) is 36.9 Å². The molecule has 0 fully saturated rings. The van der Waals surface area contributed by atoms with Crippen molar-refractivity contribution in [3.05, 3.63) is 42.5 Å². The van der Waals surface area contributed by atoms with Gasteiger partial charge >= 0.3 is 6.33 Å². The van der Waals surface area contributed by atoms with Crippen LogP contribution < -0.4 is 4.68 Å². The van der Waals surface area contributed by atoms with Crippen LogP contribution in [0.3, 0.4) is 0 Å². The molecule has 1 heterocycles. The van der Waals surface area contributed by atoms with Gasteiger partial charge in [-0.3, -0.25) is 4.79 Å². The summed E-state index contributed by atoms with van der Waals surface area (Å²) < 4.78 is 1.76. The van der Waals surface area contributed by atoms with Gasteiger partial charge in [0, 0.05) is 5.56 Å². The summed E-state index contributed by atoms with van der Waals surface area (Å²) in [7, 11) is 0. The molecule has 2 rings (SSSR count). The summed E-state index contributed by atoms with van der Waals surface area (Å²) in [6.07, 6.45) is 4.07. The van der Waals surface area contributed by atoms with E-state index in [9.17, 15) is 4.79 Å². The number of aromatic amines is 1. The number of rotatable bonds is 2. The Morgan fingerprint density at radius 2 is 2.08 bits per heavy atom. The first-order chi connectivity index (χ1) is 6.40. The zero-order valence-corrected chi connectivity index (χ0v) is 6.84. The first-order valence-corrected chi connectivity index (χ1v) is 3.86. The largest absolute Gasteiger partial charge is 0.312 e. The van der Waals surface area contributed by atoms with Crippen LogP contribution in [0.2, 0.25) is 0 Å². The first-order valence-electron chi connectivity index (χ1n) is 3.86. The quantitative estimate of drug-likeness (QED) is 0.532. The van der Waals surface area contributed by atoms with Crippen LogP contribution >= 0.6 is 0 Å². The predicted molar refractivity (Wildman–Crippen MR) is 45.5 cm³/mol. The first kappa shape index (κ1) is 7.67. The zero-order chi connectivity index (χ0) is 9.10. The van der Waals surface area contributed by atoms with Crippen molar-refractivity contribution in [2.75, 3.05) is 0 Å². The van der Waals surface area contributed by atoms with Gasteiger partial charge in [-0.15, -0.1) is 4.68 Å². The van der Waals surface area contributed by atoms with Crippen LogP contribution in [0.5, 0.6) is 0 Å². The van der Waals surface area contributed by atoms with Gasteiger partial charge in [0.2, 0.25) is 6.33 Å². The van der Waals surface area contributed by atoms with Crippen LogP contribution in [0.1, 0.15) is 10.4 Å². The van der Waals surface area contributed by atoms with Crippen LogP contribution in [-0.2, 0) is 0 Å². The Bertz CT molecular complexity index is 391. The van der Waals surface area contributed by atoms with E-state index >= 15 is 0 Å². The number of aldehydes is 1. The number of H-pyrrole nitrogens is 1. The summed E-state index contributed by atoms with van der Waals surface area (Å²) in [5, 5.41) is 2.91. The minimum absolute atomic E-state index is 0.670. The normalized spacial score (nSPS) is 9.85. The fourth-order valence-electron chi connectivity index (χ4n) is 1.08. The molecule has 13 heavy (non-hydrogen) atoms. The lowest BCUT2D eigenvalue weighted by Gasteiger charge is -1.93. The molecular weight excluding hydrogens is 166 g/mol. The van der Waals surface area contributed by atoms with Crippen molar-refractivity contribution in [2.45, 2.75) is 0 Å². The molecule has 0 saturated heterocycles. The van der Waals surface area contributed by atoms with Gasteiger partial charge in [-0.05, 0) is 29.2 Å². The van der Waals surface area contributed by atoms with Gasteiger partial charge in [0.25, 0.3) is 0 Å². The van der Waals surface area contributed by atoms with Crippen LogP contribution in [0, 0.1) is 0 Å². The SMILES string of the molecule is O=Cc1ccc(-[n+]2cnc[nH]2)cc1. The van der Waals surface area contributed by atoms with E-state index < -0.39 is 0 Å². The molecular formula is C9H8N3O+. The topological polar surface area (TPSA) is 49.6 Å². The number of nitrogens with one attached hydrogen (secondary N) is 1. The summed E-state index contributed by atoms with van der Waals surface area (Å²) in [6, 6.07) is 7.22. The van der Waals surface area contributed by atoms with Crippen molar-refractivity contribution >= 4 is 6.29 Å². The molecule has 0 radical (unpaired) electrons. The lowest BCUT2D eigenvalue weighted by Crippen LogP contribution is -2.31. The van der Waals surface area contributed by atoms with Gasteiger partial charge in [-0.2, -0.15) is 5.10 Å². The Kier molecular flexibility index (Phi) is 1.88. The molecule has 0 unspecified atom stereocenters. The van der Waals surface area contributed by atoms with E-state index in [4.69, 9.17) is 0 Å². The highest BCUT2D eigenvalue weighted by Gasteiger charge is 2.01. The highest BCUT2D eigenvalue weighted by molar-refractivity contribution is 5.74. The molecule has 64 valence electrons. The second-order valence-electron chi connectivity index (χ2n) is 2.60. The van der Waals surface area contributed by atoms with Crippen molar-refractivity contribution in [2.24, 2.45) is 0 Å². The van der Waals surface area contributed by atoms with Gasteiger partial charge in [0.05, 0.1) is 0 Å². The lowest BCUT2D eigenvalue weighted by atomic mass is 10.2. The molecule has 1 N–H and O–H groups in total. The van der Waals surface area contributed by atoms with E-state index in [0.717, 1.165) is 12.0 Å². The lowest BCUT2D eigenvalue weighted by molar-refractivity contribution is -0.656. The zero-order valence-electron chi connectivity index (χ0n) is 6.84. The molecule has 1 aromatic carbocycles. The van der Waals surface area contributed by atoms with Crippen LogP contribution in [0.4, 0.5) is 0 Å². The highest BCUT2D eigenvalue weighted by atomic mass is 16.1. The minimum Gasteiger partial charge on any atom is -0.298 e. The number of carbonyl (C=O) groups excluding carboxylic acids is 1. The third-order valence-electron chi connectivity index (χ3n) is 1.76. The van der Waals surface area contributed by atoms with E-state index in [2.05, 4.69) is 10.1 Å². The third-order valence-corrected chi connectivity index (χ3v) is 1.76. The van der Waals surface area contributed by atoms with Gasteiger partial charge in [-0.25, -0.2) is 0 Å². The third kappa shape index (κ3) is 1.46. The summed E-state index contributed by atoms with van der Waals surface area (Å²) >= 11 is 0. The van der Waals surface area contributed by atoms with Crippen LogP contribution in [-0.4, -0.2) is 16.4 Å². The monoisotopic (exact) mass is 174 g/mol. The number of carbonyl (C=O) groups is 1. The van der Waals surface area contributed by atoms with Gasteiger partial charge in [-0.1, -0.05) is 0 Å². The van der Waals surface area contributed by atoms with E-state index in [0.29, 0.717) is 5.56 Å². The molecule has 0 atom stereocenters. The maximum absolute atomic E-state index is 10.4. The number of benzene rings is 1. The van der Waals surface area contributed by atoms with Crippen LogP contribution in [0.25, 0.3) is 5.69 Å². The predicted octanol–water partition coefficient (Wildman–Crippen LogP) is 0.499. The number of hydrogen-bond donors (Lipinski definition) is 1. The molecule has 0 aliphatic rings. The van der Waals surface area contributed by atoms with Crippen molar-refractivity contribution in [1.29, 1.82) is 0 Å².